The van der Waals surface area contributed by atoms with Gasteiger partial charge >= 0.3 is 0 Å². The van der Waals surface area contributed by atoms with E-state index in [0.717, 1.165) is 24.5 Å². The molecular weight excluding hydrogens is 240 g/mol. The van der Waals surface area contributed by atoms with Crippen LogP contribution in [0.4, 0.5) is 0 Å². The normalized spacial score (nSPS) is 27.2. The summed E-state index contributed by atoms with van der Waals surface area (Å²) in [7, 11) is 1.62. The molecular formula is C15H24N2O2. The third-order valence-corrected chi connectivity index (χ3v) is 4.17. The zero-order chi connectivity index (χ0) is 13.7. The van der Waals surface area contributed by atoms with E-state index < -0.39 is 0 Å². The van der Waals surface area contributed by atoms with E-state index in [1.54, 1.807) is 7.11 Å². The van der Waals surface area contributed by atoms with Crippen LogP contribution in [0.3, 0.4) is 0 Å². The quantitative estimate of drug-likeness (QED) is 0.855. The minimum absolute atomic E-state index is 0.128. The molecule has 1 aliphatic rings. The Morgan fingerprint density at radius 1 is 1.42 bits per heavy atom. The molecule has 0 bridgehead atoms. The number of hydrogen-bond donors (Lipinski definition) is 2. The highest BCUT2D eigenvalue weighted by atomic mass is 16.5. The maximum Gasteiger partial charge on any atom is 0.213 e. The van der Waals surface area contributed by atoms with Crippen molar-refractivity contribution >= 4 is 0 Å². The van der Waals surface area contributed by atoms with Crippen LogP contribution in [0.15, 0.2) is 18.2 Å². The zero-order valence-corrected chi connectivity index (χ0v) is 11.9. The molecule has 4 nitrogen and oxygen atoms in total. The van der Waals surface area contributed by atoms with Gasteiger partial charge in [0.15, 0.2) is 0 Å². The minimum atomic E-state index is -0.128. The molecule has 4 heteroatoms. The second-order valence-corrected chi connectivity index (χ2v) is 5.65. The SMILES string of the molecule is COc1cccc(CNC2(CO)CCC(C)CC2)n1. The van der Waals surface area contributed by atoms with Gasteiger partial charge in [-0.25, -0.2) is 4.98 Å². The Balaban J connectivity index is 1.95. The van der Waals surface area contributed by atoms with Crippen molar-refractivity contribution in [2.75, 3.05) is 13.7 Å². The third-order valence-electron chi connectivity index (χ3n) is 4.17. The number of aliphatic hydroxyl groups is 1. The summed E-state index contributed by atoms with van der Waals surface area (Å²) < 4.78 is 5.12. The molecule has 106 valence electrons. The average Bonchev–Trinajstić information content (AvgIpc) is 2.47. The maximum atomic E-state index is 9.70. The summed E-state index contributed by atoms with van der Waals surface area (Å²) in [4.78, 5) is 4.39. The Morgan fingerprint density at radius 2 is 2.16 bits per heavy atom. The van der Waals surface area contributed by atoms with E-state index in [9.17, 15) is 5.11 Å². The fourth-order valence-electron chi connectivity index (χ4n) is 2.65. The Hall–Kier alpha value is -1.13. The lowest BCUT2D eigenvalue weighted by Crippen LogP contribution is -2.50. The van der Waals surface area contributed by atoms with Crippen molar-refractivity contribution in [3.63, 3.8) is 0 Å². The van der Waals surface area contributed by atoms with Crippen LogP contribution < -0.4 is 10.1 Å². The summed E-state index contributed by atoms with van der Waals surface area (Å²) >= 11 is 0. The summed E-state index contributed by atoms with van der Waals surface area (Å²) in [5, 5.41) is 13.2. The van der Waals surface area contributed by atoms with Gasteiger partial charge in [-0.15, -0.1) is 0 Å². The van der Waals surface area contributed by atoms with Crippen molar-refractivity contribution in [2.45, 2.75) is 44.7 Å². The summed E-state index contributed by atoms with van der Waals surface area (Å²) in [5.41, 5.74) is 0.822. The molecule has 2 N–H and O–H groups in total. The van der Waals surface area contributed by atoms with Crippen LogP contribution in [0.1, 0.15) is 38.3 Å². The monoisotopic (exact) mass is 264 g/mol. The summed E-state index contributed by atoms with van der Waals surface area (Å²) in [5.74, 6) is 1.41. The standard InChI is InChI=1S/C15H24N2O2/c1-12-6-8-15(11-18,9-7-12)16-10-13-4-3-5-14(17-13)19-2/h3-5,12,16,18H,6-11H2,1-2H3. The van der Waals surface area contributed by atoms with Crippen LogP contribution in [-0.2, 0) is 6.54 Å². The highest BCUT2D eigenvalue weighted by Crippen LogP contribution is 2.31. The van der Waals surface area contributed by atoms with Gasteiger partial charge in [0.2, 0.25) is 5.88 Å². The highest BCUT2D eigenvalue weighted by molar-refractivity contribution is 5.15. The molecule has 0 spiro atoms. The van der Waals surface area contributed by atoms with Crippen LogP contribution in [0.2, 0.25) is 0 Å². The number of methoxy groups -OCH3 is 1. The lowest BCUT2D eigenvalue weighted by Gasteiger charge is -2.39. The van der Waals surface area contributed by atoms with E-state index in [1.807, 2.05) is 18.2 Å². The Kier molecular flexibility index (Phi) is 4.77. The van der Waals surface area contributed by atoms with Crippen molar-refractivity contribution < 1.29 is 9.84 Å². The summed E-state index contributed by atoms with van der Waals surface area (Å²) in [6, 6.07) is 5.76. The van der Waals surface area contributed by atoms with Gasteiger partial charge in [-0.3, -0.25) is 0 Å². The van der Waals surface area contributed by atoms with Gasteiger partial charge in [-0.1, -0.05) is 13.0 Å². The van der Waals surface area contributed by atoms with Gasteiger partial charge in [0.05, 0.1) is 19.4 Å². The molecule has 0 radical (unpaired) electrons. The fourth-order valence-corrected chi connectivity index (χ4v) is 2.65. The largest absolute Gasteiger partial charge is 0.481 e. The molecule has 0 amide bonds. The van der Waals surface area contributed by atoms with Crippen LogP contribution in [0.5, 0.6) is 5.88 Å². The molecule has 2 rings (SSSR count). The molecule has 1 heterocycles. The van der Waals surface area contributed by atoms with E-state index in [0.29, 0.717) is 12.4 Å². The number of nitrogens with zero attached hydrogens (tertiary/aromatic N) is 1. The summed E-state index contributed by atoms with van der Waals surface area (Å²) in [6.45, 7) is 3.15. The van der Waals surface area contributed by atoms with Crippen molar-refractivity contribution in [1.82, 2.24) is 10.3 Å². The van der Waals surface area contributed by atoms with Crippen LogP contribution >= 0.6 is 0 Å². The molecule has 0 unspecified atom stereocenters. The van der Waals surface area contributed by atoms with Gasteiger partial charge in [0.25, 0.3) is 0 Å². The molecule has 0 atom stereocenters. The number of aromatic nitrogens is 1. The van der Waals surface area contributed by atoms with E-state index in [4.69, 9.17) is 4.74 Å². The number of pyridine rings is 1. The maximum absolute atomic E-state index is 9.70. The molecule has 1 aromatic rings. The zero-order valence-electron chi connectivity index (χ0n) is 11.9. The lowest BCUT2D eigenvalue weighted by molar-refractivity contribution is 0.104. The molecule has 1 fully saturated rings. The first-order valence-corrected chi connectivity index (χ1v) is 7.03. The van der Waals surface area contributed by atoms with Crippen LogP contribution in [-0.4, -0.2) is 29.3 Å². The van der Waals surface area contributed by atoms with E-state index in [-0.39, 0.29) is 12.1 Å². The number of ether oxygens (including phenoxy) is 1. The van der Waals surface area contributed by atoms with E-state index >= 15 is 0 Å². The smallest absolute Gasteiger partial charge is 0.213 e. The molecule has 1 aliphatic carbocycles. The van der Waals surface area contributed by atoms with E-state index in [1.165, 1.54) is 12.8 Å². The lowest BCUT2D eigenvalue weighted by atomic mass is 9.77. The topological polar surface area (TPSA) is 54.4 Å². The van der Waals surface area contributed by atoms with Crippen molar-refractivity contribution in [2.24, 2.45) is 5.92 Å². The fraction of sp³-hybridized carbons (Fsp3) is 0.667. The van der Waals surface area contributed by atoms with Gasteiger partial charge < -0.3 is 15.2 Å². The van der Waals surface area contributed by atoms with Gasteiger partial charge in [-0.05, 0) is 37.7 Å². The number of hydrogen-bond acceptors (Lipinski definition) is 4. The predicted molar refractivity (Wildman–Crippen MR) is 75.1 cm³/mol. The highest BCUT2D eigenvalue weighted by Gasteiger charge is 2.33. The third kappa shape index (κ3) is 3.67. The Bertz CT molecular complexity index is 401. The molecule has 0 saturated heterocycles. The van der Waals surface area contributed by atoms with Gasteiger partial charge in [0.1, 0.15) is 0 Å². The molecule has 0 aliphatic heterocycles. The van der Waals surface area contributed by atoms with Crippen molar-refractivity contribution in [3.05, 3.63) is 23.9 Å². The van der Waals surface area contributed by atoms with Crippen LogP contribution in [0.25, 0.3) is 0 Å². The van der Waals surface area contributed by atoms with Crippen molar-refractivity contribution in [1.29, 1.82) is 0 Å². The first-order valence-electron chi connectivity index (χ1n) is 7.03. The van der Waals surface area contributed by atoms with Gasteiger partial charge in [0, 0.05) is 18.2 Å². The molecule has 0 aromatic carbocycles. The van der Waals surface area contributed by atoms with Crippen molar-refractivity contribution in [3.8, 4) is 5.88 Å². The van der Waals surface area contributed by atoms with Crippen LogP contribution in [0, 0.1) is 5.92 Å². The second kappa shape index (κ2) is 6.35. The molecule has 1 aromatic heterocycles. The Morgan fingerprint density at radius 3 is 2.79 bits per heavy atom. The van der Waals surface area contributed by atoms with Gasteiger partial charge in [-0.2, -0.15) is 0 Å². The molecule has 1 saturated carbocycles. The Labute approximate surface area is 115 Å². The number of aliphatic hydroxyl groups excluding tert-OH is 1. The number of rotatable bonds is 5. The number of nitrogens with one attached hydrogen (secondary N) is 1. The molecule has 19 heavy (non-hydrogen) atoms. The predicted octanol–water partition coefficient (Wildman–Crippen LogP) is 2.12. The second-order valence-electron chi connectivity index (χ2n) is 5.65. The average molecular weight is 264 g/mol. The summed E-state index contributed by atoms with van der Waals surface area (Å²) in [6.07, 6.45) is 4.43. The van der Waals surface area contributed by atoms with E-state index in [2.05, 4.69) is 17.2 Å². The first-order chi connectivity index (χ1) is 9.17. The minimum Gasteiger partial charge on any atom is -0.481 e. The first kappa shape index (κ1) is 14.3.